The van der Waals surface area contributed by atoms with Gasteiger partial charge in [-0.2, -0.15) is 0 Å². The molecule has 5 nitrogen and oxygen atoms in total. The summed E-state index contributed by atoms with van der Waals surface area (Å²) < 4.78 is 38.8. The quantitative estimate of drug-likeness (QED) is 0.770. The Morgan fingerprint density at radius 2 is 1.85 bits per heavy atom. The molecule has 2 aromatic carbocycles. The molecule has 0 aliphatic rings. The Morgan fingerprint density at radius 1 is 1.19 bits per heavy atom. The Kier molecular flexibility index (Phi) is 6.75. The summed E-state index contributed by atoms with van der Waals surface area (Å²) in [6.07, 6.45) is 0.529. The molecule has 0 aromatic heterocycles. The van der Waals surface area contributed by atoms with Crippen LogP contribution in [0.5, 0.6) is 0 Å². The van der Waals surface area contributed by atoms with Crippen LogP contribution in [0.2, 0.25) is 5.02 Å². The third-order valence-electron chi connectivity index (χ3n) is 3.86. The number of aryl methyl sites for hydroxylation is 1. The Bertz CT molecular complexity index is 886. The molecule has 0 unspecified atom stereocenters. The second-order valence-corrected chi connectivity index (χ2v) is 8.37. The highest BCUT2D eigenvalue weighted by Crippen LogP contribution is 2.20. The number of hydrogen-bond acceptors (Lipinski definition) is 3. The van der Waals surface area contributed by atoms with Crippen molar-refractivity contribution < 1.29 is 17.6 Å². The van der Waals surface area contributed by atoms with E-state index in [-0.39, 0.29) is 23.8 Å². The minimum absolute atomic E-state index is 0.0163. The Labute approximate surface area is 157 Å². The van der Waals surface area contributed by atoms with Gasteiger partial charge in [-0.05, 0) is 61.4 Å². The summed E-state index contributed by atoms with van der Waals surface area (Å²) in [5, 5.41) is 3.37. The van der Waals surface area contributed by atoms with Crippen molar-refractivity contribution in [1.29, 1.82) is 0 Å². The van der Waals surface area contributed by atoms with E-state index in [4.69, 9.17) is 11.6 Å². The minimum atomic E-state index is -3.70. The lowest BCUT2D eigenvalue weighted by Gasteiger charge is -2.17. The monoisotopic (exact) mass is 398 g/mol. The summed E-state index contributed by atoms with van der Waals surface area (Å²) in [7, 11) is -2.27. The molecule has 0 aliphatic carbocycles. The van der Waals surface area contributed by atoms with Crippen LogP contribution in [0.25, 0.3) is 0 Å². The third-order valence-corrected chi connectivity index (χ3v) is 5.97. The zero-order valence-electron chi connectivity index (χ0n) is 14.5. The van der Waals surface area contributed by atoms with Gasteiger partial charge >= 0.3 is 0 Å². The van der Waals surface area contributed by atoms with E-state index in [0.29, 0.717) is 17.1 Å². The molecule has 0 heterocycles. The van der Waals surface area contributed by atoms with E-state index in [1.807, 2.05) is 6.92 Å². The predicted molar refractivity (Wildman–Crippen MR) is 100 cm³/mol. The molecule has 26 heavy (non-hydrogen) atoms. The molecule has 0 bridgehead atoms. The maximum Gasteiger partial charge on any atom is 0.242 e. The molecule has 0 spiro atoms. The van der Waals surface area contributed by atoms with Crippen LogP contribution >= 0.6 is 11.6 Å². The van der Waals surface area contributed by atoms with Gasteiger partial charge in [0.05, 0.1) is 4.90 Å². The molecule has 0 aliphatic heterocycles. The number of amides is 1. The molecule has 0 saturated heterocycles. The van der Waals surface area contributed by atoms with Gasteiger partial charge in [-0.15, -0.1) is 0 Å². The normalized spacial score (nSPS) is 11.6. The number of hydrogen-bond donors (Lipinski definition) is 1. The van der Waals surface area contributed by atoms with Gasteiger partial charge in [-0.25, -0.2) is 17.1 Å². The smallest absolute Gasteiger partial charge is 0.242 e. The van der Waals surface area contributed by atoms with Crippen LogP contribution in [0, 0.1) is 12.7 Å². The van der Waals surface area contributed by atoms with Gasteiger partial charge in [-0.1, -0.05) is 11.6 Å². The van der Waals surface area contributed by atoms with Crippen LogP contribution in [0.3, 0.4) is 0 Å². The first-order valence-electron chi connectivity index (χ1n) is 7.98. The van der Waals surface area contributed by atoms with Crippen molar-refractivity contribution in [3.05, 3.63) is 58.9 Å². The van der Waals surface area contributed by atoms with Gasteiger partial charge in [-0.3, -0.25) is 4.79 Å². The average molecular weight is 399 g/mol. The molecule has 1 N–H and O–H groups in total. The number of sulfonamides is 1. The molecule has 2 aromatic rings. The fraction of sp³-hybridized carbons (Fsp3) is 0.278. The van der Waals surface area contributed by atoms with Crippen LogP contribution in [-0.2, 0) is 14.8 Å². The summed E-state index contributed by atoms with van der Waals surface area (Å²) in [6, 6.07) is 9.80. The van der Waals surface area contributed by atoms with Crippen LogP contribution < -0.4 is 5.32 Å². The Morgan fingerprint density at radius 3 is 2.46 bits per heavy atom. The number of benzene rings is 2. The van der Waals surface area contributed by atoms with Crippen LogP contribution in [-0.4, -0.2) is 32.2 Å². The van der Waals surface area contributed by atoms with E-state index < -0.39 is 15.8 Å². The van der Waals surface area contributed by atoms with Crippen LogP contribution in [0.15, 0.2) is 47.4 Å². The highest BCUT2D eigenvalue weighted by molar-refractivity contribution is 7.89. The molecule has 0 atom stereocenters. The summed E-state index contributed by atoms with van der Waals surface area (Å²) in [4.78, 5) is 12.1. The van der Waals surface area contributed by atoms with Crippen molar-refractivity contribution in [2.24, 2.45) is 0 Å². The maximum absolute atomic E-state index is 12.9. The molecular weight excluding hydrogens is 379 g/mol. The summed E-state index contributed by atoms with van der Waals surface area (Å²) >= 11 is 5.88. The average Bonchev–Trinajstić information content (AvgIpc) is 2.57. The Hall–Kier alpha value is -1.96. The van der Waals surface area contributed by atoms with E-state index in [2.05, 4.69) is 5.32 Å². The number of anilines is 1. The van der Waals surface area contributed by atoms with Gasteiger partial charge in [0.1, 0.15) is 5.82 Å². The van der Waals surface area contributed by atoms with E-state index in [9.17, 15) is 17.6 Å². The molecule has 0 radical (unpaired) electrons. The van der Waals surface area contributed by atoms with E-state index in [1.165, 1.54) is 19.2 Å². The first-order chi connectivity index (χ1) is 12.2. The first kappa shape index (κ1) is 20.4. The molecular formula is C18H20ClFN2O3S. The summed E-state index contributed by atoms with van der Waals surface area (Å²) in [5.74, 6) is -0.705. The lowest BCUT2D eigenvalue weighted by atomic mass is 10.2. The number of nitrogens with zero attached hydrogens (tertiary/aromatic N) is 1. The van der Waals surface area contributed by atoms with Crippen molar-refractivity contribution in [2.75, 3.05) is 18.9 Å². The molecule has 0 fully saturated rings. The van der Waals surface area contributed by atoms with E-state index in [0.717, 1.165) is 22.0 Å². The van der Waals surface area contributed by atoms with Crippen LogP contribution in [0.1, 0.15) is 18.4 Å². The number of carbonyl (C=O) groups excluding carboxylic acids is 1. The number of carbonyl (C=O) groups is 1. The number of rotatable bonds is 7. The van der Waals surface area contributed by atoms with Gasteiger partial charge in [0.2, 0.25) is 15.9 Å². The van der Waals surface area contributed by atoms with E-state index >= 15 is 0 Å². The van der Waals surface area contributed by atoms with Crippen molar-refractivity contribution in [3.63, 3.8) is 0 Å². The second-order valence-electron chi connectivity index (χ2n) is 5.89. The van der Waals surface area contributed by atoms with Crippen LogP contribution in [0.4, 0.5) is 10.1 Å². The van der Waals surface area contributed by atoms with Gasteiger partial charge in [0, 0.05) is 30.7 Å². The van der Waals surface area contributed by atoms with Crippen molar-refractivity contribution in [3.8, 4) is 0 Å². The van der Waals surface area contributed by atoms with Crippen molar-refractivity contribution >= 4 is 33.2 Å². The molecule has 140 valence electrons. The van der Waals surface area contributed by atoms with E-state index in [1.54, 1.807) is 18.2 Å². The fourth-order valence-corrected chi connectivity index (χ4v) is 3.79. The molecule has 2 rings (SSSR count). The van der Waals surface area contributed by atoms with Gasteiger partial charge in [0.25, 0.3) is 0 Å². The third kappa shape index (κ3) is 5.27. The minimum Gasteiger partial charge on any atom is -0.326 e. The zero-order valence-corrected chi connectivity index (χ0v) is 16.1. The molecule has 8 heteroatoms. The number of nitrogens with one attached hydrogen (secondary N) is 1. The molecule has 0 saturated carbocycles. The van der Waals surface area contributed by atoms with Crippen molar-refractivity contribution in [1.82, 2.24) is 4.31 Å². The standard InChI is InChI=1S/C18H20ClFN2O3S/c1-13-12-14(19)5-10-17(13)21-18(23)4-3-11-22(2)26(24,25)16-8-6-15(20)7-9-16/h5-10,12H,3-4,11H2,1-2H3,(H,21,23). The van der Waals surface area contributed by atoms with Gasteiger partial charge in [0.15, 0.2) is 0 Å². The lowest BCUT2D eigenvalue weighted by molar-refractivity contribution is -0.116. The summed E-state index contributed by atoms with van der Waals surface area (Å²) in [5.41, 5.74) is 1.52. The Balaban J connectivity index is 1.88. The highest BCUT2D eigenvalue weighted by atomic mass is 35.5. The first-order valence-corrected chi connectivity index (χ1v) is 9.80. The molecule has 1 amide bonds. The second kappa shape index (κ2) is 8.62. The topological polar surface area (TPSA) is 66.5 Å². The predicted octanol–water partition coefficient (Wildman–Crippen LogP) is 3.83. The van der Waals surface area contributed by atoms with Gasteiger partial charge < -0.3 is 5.32 Å². The maximum atomic E-state index is 12.9. The summed E-state index contributed by atoms with van der Waals surface area (Å²) in [6.45, 7) is 2.01. The van der Waals surface area contributed by atoms with Crippen molar-refractivity contribution in [2.45, 2.75) is 24.7 Å². The SMILES string of the molecule is Cc1cc(Cl)ccc1NC(=O)CCCN(C)S(=O)(=O)c1ccc(F)cc1. The number of halogens is 2. The fourth-order valence-electron chi connectivity index (χ4n) is 2.35. The zero-order chi connectivity index (χ0) is 19.3. The highest BCUT2D eigenvalue weighted by Gasteiger charge is 2.20. The largest absolute Gasteiger partial charge is 0.326 e. The lowest BCUT2D eigenvalue weighted by Crippen LogP contribution is -2.28.